The van der Waals surface area contributed by atoms with E-state index in [9.17, 15) is 18.4 Å². The van der Waals surface area contributed by atoms with Gasteiger partial charge in [0.05, 0.1) is 6.20 Å². The van der Waals surface area contributed by atoms with Crippen LogP contribution in [-0.4, -0.2) is 40.8 Å². The van der Waals surface area contributed by atoms with Crippen LogP contribution in [0.1, 0.15) is 30.1 Å². The first-order valence-corrected chi connectivity index (χ1v) is 8.57. The van der Waals surface area contributed by atoms with Crippen LogP contribution in [0.3, 0.4) is 0 Å². The van der Waals surface area contributed by atoms with Crippen LogP contribution in [0.15, 0.2) is 36.5 Å². The van der Waals surface area contributed by atoms with Gasteiger partial charge in [0.15, 0.2) is 0 Å². The van der Waals surface area contributed by atoms with Gasteiger partial charge >= 0.3 is 0 Å². The lowest BCUT2D eigenvalue weighted by Crippen LogP contribution is -2.46. The van der Waals surface area contributed by atoms with Crippen LogP contribution in [0.5, 0.6) is 11.6 Å². The molecule has 6 nitrogen and oxygen atoms in total. The first kappa shape index (κ1) is 18.8. The summed E-state index contributed by atoms with van der Waals surface area (Å²) in [4.78, 5) is 29.5. The summed E-state index contributed by atoms with van der Waals surface area (Å²) in [6, 6.07) is 6.11. The third-order valence-corrected chi connectivity index (χ3v) is 4.37. The minimum Gasteiger partial charge on any atom is -0.438 e. The maximum Gasteiger partial charge on any atom is 0.257 e. The van der Waals surface area contributed by atoms with E-state index >= 15 is 0 Å². The minimum atomic E-state index is -0.669. The number of carbonyl (C=O) groups excluding carboxylic acids is 2. The smallest absolute Gasteiger partial charge is 0.257 e. The van der Waals surface area contributed by atoms with E-state index in [-0.39, 0.29) is 29.1 Å². The molecule has 1 aliphatic rings. The van der Waals surface area contributed by atoms with E-state index in [4.69, 9.17) is 4.74 Å². The maximum absolute atomic E-state index is 13.6. The number of amides is 2. The van der Waals surface area contributed by atoms with Gasteiger partial charge in [-0.3, -0.25) is 9.59 Å². The summed E-state index contributed by atoms with van der Waals surface area (Å²) < 4.78 is 32.2. The summed E-state index contributed by atoms with van der Waals surface area (Å²) in [6.07, 6.45) is 2.17. The molecule has 0 atom stereocenters. The Kier molecular flexibility index (Phi) is 5.63. The van der Waals surface area contributed by atoms with Gasteiger partial charge < -0.3 is 15.0 Å². The highest BCUT2D eigenvalue weighted by Gasteiger charge is 2.24. The van der Waals surface area contributed by atoms with Gasteiger partial charge in [0.1, 0.15) is 22.9 Å². The summed E-state index contributed by atoms with van der Waals surface area (Å²) in [6.45, 7) is 2.62. The molecule has 27 heavy (non-hydrogen) atoms. The van der Waals surface area contributed by atoms with Gasteiger partial charge in [-0.05, 0) is 43.2 Å². The molecule has 3 rings (SSSR count). The van der Waals surface area contributed by atoms with Crippen LogP contribution in [0.2, 0.25) is 0 Å². The van der Waals surface area contributed by atoms with Crippen LogP contribution in [0.25, 0.3) is 0 Å². The Morgan fingerprint density at radius 3 is 2.44 bits per heavy atom. The molecule has 1 aliphatic heterocycles. The van der Waals surface area contributed by atoms with Crippen molar-refractivity contribution in [1.82, 2.24) is 15.2 Å². The van der Waals surface area contributed by atoms with E-state index in [0.29, 0.717) is 25.9 Å². The second-order valence-electron chi connectivity index (χ2n) is 6.32. The van der Waals surface area contributed by atoms with Crippen molar-refractivity contribution in [2.45, 2.75) is 25.8 Å². The molecule has 1 aromatic heterocycles. The summed E-state index contributed by atoms with van der Waals surface area (Å²) in [5.41, 5.74) is -0.0478. The number of halogens is 2. The largest absolute Gasteiger partial charge is 0.438 e. The molecular formula is C19H19F2N3O3. The monoisotopic (exact) mass is 375 g/mol. The molecule has 142 valence electrons. The Labute approximate surface area is 155 Å². The highest BCUT2D eigenvalue weighted by molar-refractivity contribution is 5.96. The summed E-state index contributed by atoms with van der Waals surface area (Å²) in [5, 5.41) is 2.83. The van der Waals surface area contributed by atoms with Crippen LogP contribution in [0.4, 0.5) is 8.78 Å². The third-order valence-electron chi connectivity index (χ3n) is 4.37. The Bertz CT molecular complexity index is 835. The van der Waals surface area contributed by atoms with E-state index in [1.54, 1.807) is 4.90 Å². The third kappa shape index (κ3) is 4.78. The fourth-order valence-corrected chi connectivity index (χ4v) is 2.89. The van der Waals surface area contributed by atoms with Crippen LogP contribution < -0.4 is 10.1 Å². The van der Waals surface area contributed by atoms with Crippen molar-refractivity contribution in [3.05, 3.63) is 53.7 Å². The molecule has 2 aromatic rings. The van der Waals surface area contributed by atoms with E-state index in [1.807, 2.05) is 0 Å². The number of nitrogens with one attached hydrogen (secondary N) is 1. The Morgan fingerprint density at radius 1 is 1.15 bits per heavy atom. The summed E-state index contributed by atoms with van der Waals surface area (Å²) in [5.74, 6) is -1.40. The van der Waals surface area contributed by atoms with Gasteiger partial charge in [-0.1, -0.05) is 0 Å². The standard InChI is InChI=1S/C19H19F2N3O3/c1-12(25)24-8-6-15(7-9-24)23-18(26)17-10-14(21)11-22-19(17)27-16-4-2-13(20)3-5-16/h2-5,10-11,15H,6-9H2,1H3,(H,23,26). The first-order chi connectivity index (χ1) is 12.9. The average Bonchev–Trinajstić information content (AvgIpc) is 2.65. The molecule has 2 amide bonds. The molecule has 0 radical (unpaired) electrons. The average molecular weight is 375 g/mol. The molecule has 8 heteroatoms. The number of nitrogens with zero attached hydrogens (tertiary/aromatic N) is 2. The number of benzene rings is 1. The lowest BCUT2D eigenvalue weighted by Gasteiger charge is -2.31. The number of pyridine rings is 1. The van der Waals surface area contributed by atoms with Gasteiger partial charge in [0.25, 0.3) is 5.91 Å². The van der Waals surface area contributed by atoms with E-state index in [2.05, 4.69) is 10.3 Å². The van der Waals surface area contributed by atoms with Crippen molar-refractivity contribution in [3.8, 4) is 11.6 Å². The van der Waals surface area contributed by atoms with Crippen molar-refractivity contribution >= 4 is 11.8 Å². The molecule has 1 fully saturated rings. The van der Waals surface area contributed by atoms with E-state index < -0.39 is 17.5 Å². The number of rotatable bonds is 4. The Balaban J connectivity index is 1.71. The summed E-state index contributed by atoms with van der Waals surface area (Å²) in [7, 11) is 0. The fraction of sp³-hybridized carbons (Fsp3) is 0.316. The van der Waals surface area contributed by atoms with Crippen LogP contribution in [0, 0.1) is 11.6 Å². The predicted octanol–water partition coefficient (Wildman–Crippen LogP) is 2.89. The second-order valence-corrected chi connectivity index (χ2v) is 6.32. The topological polar surface area (TPSA) is 71.5 Å². The Hall–Kier alpha value is -3.03. The second kappa shape index (κ2) is 8.11. The van der Waals surface area contributed by atoms with Crippen LogP contribution in [-0.2, 0) is 4.79 Å². The van der Waals surface area contributed by atoms with E-state index in [1.165, 1.54) is 31.2 Å². The molecule has 1 N–H and O–H groups in total. The van der Waals surface area contributed by atoms with Gasteiger partial charge in [0, 0.05) is 26.1 Å². The van der Waals surface area contributed by atoms with E-state index in [0.717, 1.165) is 12.3 Å². The van der Waals surface area contributed by atoms with Crippen molar-refractivity contribution in [2.75, 3.05) is 13.1 Å². The zero-order chi connectivity index (χ0) is 19.4. The SMILES string of the molecule is CC(=O)N1CCC(NC(=O)c2cc(F)cnc2Oc2ccc(F)cc2)CC1. The number of piperidine rings is 1. The quantitative estimate of drug-likeness (QED) is 0.892. The zero-order valence-corrected chi connectivity index (χ0v) is 14.7. The molecule has 0 spiro atoms. The Morgan fingerprint density at radius 2 is 1.81 bits per heavy atom. The number of likely N-dealkylation sites (tertiary alicyclic amines) is 1. The van der Waals surface area contributed by atoms with Crippen molar-refractivity contribution < 1.29 is 23.1 Å². The van der Waals surface area contributed by atoms with Gasteiger partial charge in [-0.25, -0.2) is 13.8 Å². The molecule has 0 unspecified atom stereocenters. The molecule has 0 bridgehead atoms. The van der Waals surface area contributed by atoms with Crippen molar-refractivity contribution in [1.29, 1.82) is 0 Å². The fourth-order valence-electron chi connectivity index (χ4n) is 2.89. The molecule has 0 saturated carbocycles. The molecule has 0 aliphatic carbocycles. The number of ether oxygens (including phenoxy) is 1. The van der Waals surface area contributed by atoms with Crippen molar-refractivity contribution in [3.63, 3.8) is 0 Å². The normalized spacial score (nSPS) is 14.7. The number of hydrogen-bond acceptors (Lipinski definition) is 4. The maximum atomic E-state index is 13.6. The zero-order valence-electron chi connectivity index (χ0n) is 14.7. The first-order valence-electron chi connectivity index (χ1n) is 8.57. The summed E-state index contributed by atoms with van der Waals surface area (Å²) >= 11 is 0. The number of hydrogen-bond donors (Lipinski definition) is 1. The minimum absolute atomic E-state index is 0.00379. The van der Waals surface area contributed by atoms with Gasteiger partial charge in [0.2, 0.25) is 11.8 Å². The van der Waals surface area contributed by atoms with Crippen molar-refractivity contribution in [2.24, 2.45) is 0 Å². The van der Waals surface area contributed by atoms with Gasteiger partial charge in [-0.2, -0.15) is 0 Å². The molecule has 2 heterocycles. The lowest BCUT2D eigenvalue weighted by molar-refractivity contribution is -0.129. The highest BCUT2D eigenvalue weighted by atomic mass is 19.1. The van der Waals surface area contributed by atoms with Gasteiger partial charge in [-0.15, -0.1) is 0 Å². The lowest BCUT2D eigenvalue weighted by atomic mass is 10.0. The molecule has 1 saturated heterocycles. The number of carbonyl (C=O) groups is 2. The molecular weight excluding hydrogens is 356 g/mol. The number of aromatic nitrogens is 1. The van der Waals surface area contributed by atoms with Crippen LogP contribution >= 0.6 is 0 Å². The predicted molar refractivity (Wildman–Crippen MR) is 93.4 cm³/mol. The highest BCUT2D eigenvalue weighted by Crippen LogP contribution is 2.24. The molecule has 1 aromatic carbocycles.